The first kappa shape index (κ1) is 19.2. The van der Waals surface area contributed by atoms with Gasteiger partial charge >= 0.3 is 6.18 Å². The molecule has 0 unspecified atom stereocenters. The fourth-order valence-corrected chi connectivity index (χ4v) is 2.80. The second-order valence-electron chi connectivity index (χ2n) is 5.33. The van der Waals surface area contributed by atoms with Gasteiger partial charge < -0.3 is 5.32 Å². The van der Waals surface area contributed by atoms with E-state index in [0.717, 1.165) is 51.2 Å². The molecule has 1 heterocycles. The van der Waals surface area contributed by atoms with Gasteiger partial charge in [-0.15, -0.1) is 12.4 Å². The molecule has 7 heteroatoms. The molecule has 0 radical (unpaired) electrons. The third-order valence-corrected chi connectivity index (χ3v) is 3.84. The standard InChI is InChI=1S/C15H20F4N2.ClH/c1-2-3-14(21-8-6-20-7-9-21)11-4-5-12(13(16)10-11)15(17,18)19;/h4-5,10,14,20H,2-3,6-9H2,1H3;1H/t14-;/m1./s1. The minimum Gasteiger partial charge on any atom is -0.314 e. The Hall–Kier alpha value is -0.850. The van der Waals surface area contributed by atoms with Crippen LogP contribution in [-0.2, 0) is 6.18 Å². The lowest BCUT2D eigenvalue weighted by Gasteiger charge is -2.35. The lowest BCUT2D eigenvalue weighted by molar-refractivity contribution is -0.140. The summed E-state index contributed by atoms with van der Waals surface area (Å²) in [6.07, 6.45) is -2.93. The maximum Gasteiger partial charge on any atom is 0.419 e. The third kappa shape index (κ3) is 4.57. The zero-order chi connectivity index (χ0) is 15.5. The fraction of sp³-hybridized carbons (Fsp3) is 0.600. The Bertz CT molecular complexity index is 473. The Morgan fingerprint density at radius 1 is 1.23 bits per heavy atom. The number of hydrogen-bond donors (Lipinski definition) is 1. The van der Waals surface area contributed by atoms with Crippen LogP contribution in [0.3, 0.4) is 0 Å². The second-order valence-corrected chi connectivity index (χ2v) is 5.33. The molecule has 1 aliphatic heterocycles. The van der Waals surface area contributed by atoms with E-state index >= 15 is 0 Å². The molecule has 0 amide bonds. The summed E-state index contributed by atoms with van der Waals surface area (Å²) < 4.78 is 51.6. The van der Waals surface area contributed by atoms with Crippen LogP contribution in [0.1, 0.15) is 36.9 Å². The molecular formula is C15H21ClF4N2. The number of halogens is 5. The maximum absolute atomic E-state index is 13.8. The van der Waals surface area contributed by atoms with Crippen molar-refractivity contribution in [1.29, 1.82) is 0 Å². The van der Waals surface area contributed by atoms with Crippen LogP contribution in [-0.4, -0.2) is 31.1 Å². The molecule has 0 aromatic heterocycles. The molecule has 0 aliphatic carbocycles. The zero-order valence-electron chi connectivity index (χ0n) is 12.4. The highest BCUT2D eigenvalue weighted by molar-refractivity contribution is 5.85. The Labute approximate surface area is 134 Å². The summed E-state index contributed by atoms with van der Waals surface area (Å²) in [6, 6.07) is 3.29. The average molecular weight is 341 g/mol. The molecule has 0 spiro atoms. The van der Waals surface area contributed by atoms with E-state index < -0.39 is 17.6 Å². The van der Waals surface area contributed by atoms with Crippen molar-refractivity contribution < 1.29 is 17.6 Å². The van der Waals surface area contributed by atoms with Crippen LogP contribution in [0, 0.1) is 5.82 Å². The molecule has 2 nitrogen and oxygen atoms in total. The number of nitrogens with one attached hydrogen (secondary N) is 1. The number of rotatable bonds is 4. The first-order valence-electron chi connectivity index (χ1n) is 7.25. The van der Waals surface area contributed by atoms with Crippen molar-refractivity contribution in [3.63, 3.8) is 0 Å². The molecule has 1 atom stereocenters. The van der Waals surface area contributed by atoms with E-state index in [4.69, 9.17) is 0 Å². The zero-order valence-corrected chi connectivity index (χ0v) is 13.2. The summed E-state index contributed by atoms with van der Waals surface area (Å²) in [5.74, 6) is -1.18. The van der Waals surface area contributed by atoms with Gasteiger partial charge in [0.1, 0.15) is 5.82 Å². The van der Waals surface area contributed by atoms with E-state index in [1.54, 1.807) is 0 Å². The van der Waals surface area contributed by atoms with Gasteiger partial charge in [0.05, 0.1) is 5.56 Å². The van der Waals surface area contributed by atoms with Crippen molar-refractivity contribution in [3.05, 3.63) is 35.1 Å². The van der Waals surface area contributed by atoms with Crippen molar-refractivity contribution in [3.8, 4) is 0 Å². The molecule has 1 fully saturated rings. The van der Waals surface area contributed by atoms with Gasteiger partial charge in [-0.1, -0.05) is 19.4 Å². The molecule has 2 rings (SSSR count). The van der Waals surface area contributed by atoms with E-state index in [2.05, 4.69) is 10.2 Å². The molecule has 1 aromatic carbocycles. The summed E-state index contributed by atoms with van der Waals surface area (Å²) in [5, 5.41) is 3.24. The van der Waals surface area contributed by atoms with Crippen molar-refractivity contribution >= 4 is 12.4 Å². The summed E-state index contributed by atoms with van der Waals surface area (Å²) in [6.45, 7) is 5.38. The largest absolute Gasteiger partial charge is 0.419 e. The van der Waals surface area contributed by atoms with Gasteiger partial charge in [-0.05, 0) is 24.1 Å². The molecule has 1 aliphatic rings. The van der Waals surface area contributed by atoms with Crippen molar-refractivity contribution in [2.45, 2.75) is 32.0 Å². The smallest absolute Gasteiger partial charge is 0.314 e. The van der Waals surface area contributed by atoms with Crippen LogP contribution in [0.15, 0.2) is 18.2 Å². The number of benzene rings is 1. The minimum atomic E-state index is -4.64. The molecule has 0 saturated carbocycles. The highest BCUT2D eigenvalue weighted by Crippen LogP contribution is 2.34. The minimum absolute atomic E-state index is 0. The second kappa shape index (κ2) is 8.13. The monoisotopic (exact) mass is 340 g/mol. The predicted octanol–water partition coefficient (Wildman–Crippen LogP) is 4.01. The van der Waals surface area contributed by atoms with E-state index in [1.807, 2.05) is 6.92 Å². The first-order valence-corrected chi connectivity index (χ1v) is 7.25. The van der Waals surface area contributed by atoms with Gasteiger partial charge in [-0.25, -0.2) is 4.39 Å². The SMILES string of the molecule is CCC[C@H](c1ccc(C(F)(F)F)c(F)c1)N1CCNCC1.Cl. The summed E-state index contributed by atoms with van der Waals surface area (Å²) in [7, 11) is 0. The van der Waals surface area contributed by atoms with Gasteiger partial charge in [0.15, 0.2) is 0 Å². The highest BCUT2D eigenvalue weighted by atomic mass is 35.5. The van der Waals surface area contributed by atoms with Crippen LogP contribution in [0.2, 0.25) is 0 Å². The summed E-state index contributed by atoms with van der Waals surface area (Å²) in [5.41, 5.74) is -0.564. The van der Waals surface area contributed by atoms with Crippen LogP contribution in [0.4, 0.5) is 17.6 Å². The fourth-order valence-electron chi connectivity index (χ4n) is 2.80. The predicted molar refractivity (Wildman–Crippen MR) is 80.7 cm³/mol. The van der Waals surface area contributed by atoms with Gasteiger partial charge in [0.2, 0.25) is 0 Å². The summed E-state index contributed by atoms with van der Waals surface area (Å²) in [4.78, 5) is 2.21. The molecule has 126 valence electrons. The van der Waals surface area contributed by atoms with Crippen molar-refractivity contribution in [2.75, 3.05) is 26.2 Å². The van der Waals surface area contributed by atoms with Gasteiger partial charge in [-0.3, -0.25) is 4.90 Å². The van der Waals surface area contributed by atoms with Crippen LogP contribution in [0.5, 0.6) is 0 Å². The molecule has 22 heavy (non-hydrogen) atoms. The number of hydrogen-bond acceptors (Lipinski definition) is 2. The van der Waals surface area contributed by atoms with Gasteiger partial charge in [0, 0.05) is 32.2 Å². The molecule has 1 aromatic rings. The Morgan fingerprint density at radius 2 is 1.86 bits per heavy atom. The molecule has 0 bridgehead atoms. The van der Waals surface area contributed by atoms with E-state index in [0.29, 0.717) is 5.56 Å². The van der Waals surface area contributed by atoms with Crippen LogP contribution >= 0.6 is 12.4 Å². The van der Waals surface area contributed by atoms with Crippen molar-refractivity contribution in [1.82, 2.24) is 10.2 Å². The van der Waals surface area contributed by atoms with Crippen LogP contribution in [0.25, 0.3) is 0 Å². The topological polar surface area (TPSA) is 15.3 Å². The Balaban J connectivity index is 0.00000242. The number of nitrogens with zero attached hydrogens (tertiary/aromatic N) is 1. The lowest BCUT2D eigenvalue weighted by atomic mass is 9.98. The number of piperazine rings is 1. The van der Waals surface area contributed by atoms with Gasteiger partial charge in [0.25, 0.3) is 0 Å². The molecule has 1 N–H and O–H groups in total. The molecule has 1 saturated heterocycles. The van der Waals surface area contributed by atoms with E-state index in [1.165, 1.54) is 6.07 Å². The maximum atomic E-state index is 13.8. The normalized spacial score (nSPS) is 17.9. The number of alkyl halides is 3. The summed E-state index contributed by atoms with van der Waals surface area (Å²) >= 11 is 0. The lowest BCUT2D eigenvalue weighted by Crippen LogP contribution is -2.45. The molecular weight excluding hydrogens is 320 g/mol. The first-order chi connectivity index (χ1) is 9.93. The Kier molecular flexibility index (Phi) is 7.09. The quantitative estimate of drug-likeness (QED) is 0.833. The van der Waals surface area contributed by atoms with Crippen LogP contribution < -0.4 is 5.32 Å². The van der Waals surface area contributed by atoms with Gasteiger partial charge in [-0.2, -0.15) is 13.2 Å². The highest BCUT2D eigenvalue weighted by Gasteiger charge is 2.34. The van der Waals surface area contributed by atoms with E-state index in [-0.39, 0.29) is 18.4 Å². The Morgan fingerprint density at radius 3 is 2.36 bits per heavy atom. The average Bonchev–Trinajstić information content (AvgIpc) is 2.44. The van der Waals surface area contributed by atoms with E-state index in [9.17, 15) is 17.6 Å². The third-order valence-electron chi connectivity index (χ3n) is 3.84. The van der Waals surface area contributed by atoms with Crippen molar-refractivity contribution in [2.24, 2.45) is 0 Å².